The molecule has 29 heavy (non-hydrogen) atoms. The minimum absolute atomic E-state index is 0.100. The second-order valence-corrected chi connectivity index (χ2v) is 16.5. The number of hydrogen-bond acceptors (Lipinski definition) is 4. The third kappa shape index (κ3) is 4.60. The maximum absolute atomic E-state index is 6.92. The summed E-state index contributed by atoms with van der Waals surface area (Å²) < 4.78 is 14.0. The van der Waals surface area contributed by atoms with Gasteiger partial charge in [-0.25, -0.2) is 0 Å². The molecule has 7 heteroatoms. The van der Waals surface area contributed by atoms with E-state index in [0.717, 1.165) is 43.2 Å². The van der Waals surface area contributed by atoms with Crippen molar-refractivity contribution in [1.29, 1.82) is 0 Å². The summed E-state index contributed by atoms with van der Waals surface area (Å²) in [5.74, 6) is 1.53. The standard InChI is InChI=1S/2C6H5ClOS.2C5H5.Zr/c2*7-9-6-4-2-1-3-5(6)8;2*1-2-4-5-3-1;/h2*1-4,8H;2*1-5H;/q;;;;+2/p-2. The Morgan fingerprint density at radius 1 is 0.621 bits per heavy atom. The molecule has 0 fully saturated rings. The predicted molar refractivity (Wildman–Crippen MR) is 122 cm³/mol. The van der Waals surface area contributed by atoms with Gasteiger partial charge in [-0.2, -0.15) is 0 Å². The molecule has 0 aliphatic heterocycles. The number of rotatable bonds is 8. The van der Waals surface area contributed by atoms with Crippen LogP contribution < -0.4 is 5.63 Å². The van der Waals surface area contributed by atoms with E-state index >= 15 is 0 Å². The Kier molecular flexibility index (Phi) is 7.36. The molecular formula is C22H18Cl2O2S2Zr. The van der Waals surface area contributed by atoms with Gasteiger partial charge in [-0.1, -0.05) is 0 Å². The van der Waals surface area contributed by atoms with Crippen molar-refractivity contribution >= 4 is 43.3 Å². The minimum atomic E-state index is -4.00. The second-order valence-electron chi connectivity index (χ2n) is 6.56. The second kappa shape index (κ2) is 9.98. The van der Waals surface area contributed by atoms with E-state index in [2.05, 4.69) is 48.6 Å². The van der Waals surface area contributed by atoms with Gasteiger partial charge in [-0.15, -0.1) is 0 Å². The molecule has 2 aliphatic rings. The first-order chi connectivity index (χ1) is 14.3. The Labute approximate surface area is 194 Å². The van der Waals surface area contributed by atoms with Crippen molar-refractivity contribution in [2.45, 2.75) is 17.0 Å². The van der Waals surface area contributed by atoms with E-state index in [4.69, 9.17) is 27.0 Å². The Morgan fingerprint density at radius 3 is 1.38 bits per heavy atom. The zero-order chi connectivity index (χ0) is 20.1. The van der Waals surface area contributed by atoms with Crippen LogP contribution in [-0.2, 0) is 21.1 Å². The molecule has 0 unspecified atom stereocenters. The number of allylic oxidation sites excluding steroid dienone is 8. The summed E-state index contributed by atoms with van der Waals surface area (Å²) in [5, 5.41) is 0. The number of halogens is 2. The molecule has 2 aromatic rings. The number of hydrogen-bond donors (Lipinski definition) is 0. The van der Waals surface area contributed by atoms with Gasteiger partial charge in [0.25, 0.3) is 0 Å². The summed E-state index contributed by atoms with van der Waals surface area (Å²) in [6.45, 7) is 0. The Bertz CT molecular complexity index is 887. The molecular weight excluding hydrogens is 523 g/mol. The van der Waals surface area contributed by atoms with E-state index in [1.807, 2.05) is 48.5 Å². The van der Waals surface area contributed by atoms with E-state index in [9.17, 15) is 0 Å². The predicted octanol–water partition coefficient (Wildman–Crippen LogP) is 8.45. The Morgan fingerprint density at radius 2 is 1.00 bits per heavy atom. The van der Waals surface area contributed by atoms with Crippen LogP contribution in [0.25, 0.3) is 0 Å². The van der Waals surface area contributed by atoms with Crippen LogP contribution in [0.3, 0.4) is 0 Å². The van der Waals surface area contributed by atoms with E-state index < -0.39 is 21.1 Å². The summed E-state index contributed by atoms with van der Waals surface area (Å²) in [7, 11) is 14.6. The summed E-state index contributed by atoms with van der Waals surface area (Å²) >= 11 is -4.00. The van der Waals surface area contributed by atoms with Gasteiger partial charge in [0.15, 0.2) is 0 Å². The molecule has 0 radical (unpaired) electrons. The van der Waals surface area contributed by atoms with E-state index in [1.54, 1.807) is 0 Å². The number of para-hydroxylation sites is 2. The van der Waals surface area contributed by atoms with Crippen LogP contribution in [-0.4, -0.2) is 0 Å². The van der Waals surface area contributed by atoms with Gasteiger partial charge in [0, 0.05) is 0 Å². The molecule has 2 aliphatic carbocycles. The monoisotopic (exact) mass is 538 g/mol. The first-order valence-corrected chi connectivity index (χ1v) is 17.2. The first-order valence-electron chi connectivity index (χ1n) is 9.10. The molecule has 2 aromatic carbocycles. The molecule has 0 aromatic heterocycles. The van der Waals surface area contributed by atoms with Crippen molar-refractivity contribution in [1.82, 2.24) is 0 Å². The van der Waals surface area contributed by atoms with E-state index in [-0.39, 0.29) is 7.25 Å². The van der Waals surface area contributed by atoms with Crippen LogP contribution in [0.1, 0.15) is 0 Å². The van der Waals surface area contributed by atoms with Crippen LogP contribution in [0.5, 0.6) is 11.5 Å². The van der Waals surface area contributed by atoms with Crippen LogP contribution in [0, 0.1) is 0 Å². The van der Waals surface area contributed by atoms with Gasteiger partial charge < -0.3 is 0 Å². The molecule has 2 nitrogen and oxygen atoms in total. The van der Waals surface area contributed by atoms with Gasteiger partial charge in [0.1, 0.15) is 0 Å². The van der Waals surface area contributed by atoms with E-state index in [1.165, 1.54) is 0 Å². The molecule has 0 N–H and O–H groups in total. The van der Waals surface area contributed by atoms with Crippen LogP contribution in [0.15, 0.2) is 107 Å². The summed E-state index contributed by atoms with van der Waals surface area (Å²) in [6.07, 6.45) is 17.0. The summed E-state index contributed by atoms with van der Waals surface area (Å²) in [4.78, 5) is 1.77. The van der Waals surface area contributed by atoms with Crippen LogP contribution in [0.4, 0.5) is 0 Å². The van der Waals surface area contributed by atoms with Crippen molar-refractivity contribution in [3.63, 3.8) is 0 Å². The fourth-order valence-corrected chi connectivity index (χ4v) is 14.0. The first kappa shape index (κ1) is 21.4. The zero-order valence-corrected chi connectivity index (χ0v) is 20.9. The Balaban J connectivity index is 1.84. The molecule has 4 rings (SSSR count). The zero-order valence-electron chi connectivity index (χ0n) is 15.3. The third-order valence-electron chi connectivity index (χ3n) is 4.83. The average molecular weight is 541 g/mol. The summed E-state index contributed by atoms with van der Waals surface area (Å²) in [5.41, 5.74) is 0. The van der Waals surface area contributed by atoms with Gasteiger partial charge in [0.05, 0.1) is 0 Å². The maximum atomic E-state index is 6.92. The van der Waals surface area contributed by atoms with Crippen molar-refractivity contribution in [3.05, 3.63) is 97.1 Å². The third-order valence-corrected chi connectivity index (χ3v) is 15.9. The van der Waals surface area contributed by atoms with Crippen molar-refractivity contribution in [2.75, 3.05) is 0 Å². The molecule has 0 spiro atoms. The SMILES string of the molecule is ClSc1ccccc1[O][Zr]([O]c1ccccc1SCl)([CH]1C=CC=C1)[CH]1C=CC=C1. The van der Waals surface area contributed by atoms with E-state index in [0.29, 0.717) is 0 Å². The molecule has 0 bridgehead atoms. The van der Waals surface area contributed by atoms with Crippen LogP contribution in [0.2, 0.25) is 7.25 Å². The Hall–Kier alpha value is -0.837. The topological polar surface area (TPSA) is 18.5 Å². The average Bonchev–Trinajstić information content (AvgIpc) is 3.48. The molecule has 0 amide bonds. The molecule has 0 saturated carbocycles. The van der Waals surface area contributed by atoms with Crippen molar-refractivity contribution in [3.8, 4) is 11.5 Å². The van der Waals surface area contributed by atoms with Gasteiger partial charge in [-0.05, 0) is 0 Å². The van der Waals surface area contributed by atoms with Gasteiger partial charge >= 0.3 is 196 Å². The fraction of sp³-hybridized carbons (Fsp3) is 0.0909. The normalized spacial score (nSPS) is 16.1. The van der Waals surface area contributed by atoms with Crippen molar-refractivity contribution in [2.24, 2.45) is 0 Å². The molecule has 148 valence electrons. The number of benzene rings is 2. The fourth-order valence-electron chi connectivity index (χ4n) is 3.46. The molecule has 0 heterocycles. The van der Waals surface area contributed by atoms with Gasteiger partial charge in [-0.3, -0.25) is 0 Å². The summed E-state index contributed by atoms with van der Waals surface area (Å²) in [6, 6.07) is 15.7. The quantitative estimate of drug-likeness (QED) is 0.334. The van der Waals surface area contributed by atoms with Crippen LogP contribution >= 0.6 is 43.3 Å². The van der Waals surface area contributed by atoms with Crippen molar-refractivity contribution < 1.29 is 26.8 Å². The molecule has 0 saturated heterocycles. The van der Waals surface area contributed by atoms with Gasteiger partial charge in [0.2, 0.25) is 0 Å². The molecule has 0 atom stereocenters.